The van der Waals surface area contributed by atoms with Crippen LogP contribution in [-0.4, -0.2) is 11.9 Å². The van der Waals surface area contributed by atoms with Gasteiger partial charge in [0.15, 0.2) is 11.5 Å². The van der Waals surface area contributed by atoms with E-state index in [1.54, 1.807) is 12.1 Å². The van der Waals surface area contributed by atoms with Crippen molar-refractivity contribution < 1.29 is 19.1 Å². The Morgan fingerprint density at radius 2 is 1.00 bits per heavy atom. The van der Waals surface area contributed by atoms with E-state index in [1.807, 2.05) is 12.1 Å². The fourth-order valence-electron chi connectivity index (χ4n) is 5.66. The summed E-state index contributed by atoms with van der Waals surface area (Å²) in [5, 5.41) is 0. The average molecular weight is 354 g/mol. The Morgan fingerprint density at radius 3 is 1.35 bits per heavy atom. The Morgan fingerprint density at radius 1 is 0.654 bits per heavy atom. The molecule has 138 valence electrons. The van der Waals surface area contributed by atoms with Crippen molar-refractivity contribution in [1.29, 1.82) is 0 Å². The van der Waals surface area contributed by atoms with Crippen molar-refractivity contribution in [3.05, 3.63) is 24.3 Å². The van der Waals surface area contributed by atoms with Gasteiger partial charge in [-0.05, 0) is 61.5 Å². The number of carbonyl (C=O) groups excluding carboxylic acids is 2. The number of para-hydroxylation sites is 2. The summed E-state index contributed by atoms with van der Waals surface area (Å²) in [5.74, 6) is 2.63. The van der Waals surface area contributed by atoms with Crippen LogP contribution in [0, 0.1) is 35.5 Å². The quantitative estimate of drug-likeness (QED) is 0.595. The molecule has 0 bridgehead atoms. The van der Waals surface area contributed by atoms with Gasteiger partial charge in [0.05, 0.1) is 11.8 Å². The van der Waals surface area contributed by atoms with E-state index in [9.17, 15) is 9.59 Å². The van der Waals surface area contributed by atoms with Gasteiger partial charge in [0.1, 0.15) is 0 Å². The van der Waals surface area contributed by atoms with Gasteiger partial charge in [-0.3, -0.25) is 9.59 Å². The molecule has 4 aliphatic rings. The highest BCUT2D eigenvalue weighted by Crippen LogP contribution is 2.57. The van der Waals surface area contributed by atoms with Crippen molar-refractivity contribution in [2.45, 2.75) is 51.4 Å². The molecule has 4 aliphatic carbocycles. The van der Waals surface area contributed by atoms with Crippen LogP contribution in [0.5, 0.6) is 11.5 Å². The van der Waals surface area contributed by atoms with E-state index in [0.717, 1.165) is 25.7 Å². The number of esters is 2. The number of hydrogen-bond donors (Lipinski definition) is 0. The van der Waals surface area contributed by atoms with Crippen LogP contribution in [0.25, 0.3) is 0 Å². The normalized spacial score (nSPS) is 37.1. The fourth-order valence-corrected chi connectivity index (χ4v) is 5.66. The van der Waals surface area contributed by atoms with Gasteiger partial charge in [0.25, 0.3) is 0 Å². The highest BCUT2D eigenvalue weighted by atomic mass is 16.6. The van der Waals surface area contributed by atoms with Crippen LogP contribution < -0.4 is 9.47 Å². The second-order valence-corrected chi connectivity index (χ2v) is 8.56. The number of carbonyl (C=O) groups is 2. The Kier molecular flexibility index (Phi) is 4.02. The first-order valence-corrected chi connectivity index (χ1v) is 10.3. The first-order chi connectivity index (χ1) is 12.7. The van der Waals surface area contributed by atoms with Gasteiger partial charge in [-0.2, -0.15) is 0 Å². The van der Waals surface area contributed by atoms with Crippen LogP contribution >= 0.6 is 0 Å². The van der Waals surface area contributed by atoms with Crippen molar-refractivity contribution in [2.24, 2.45) is 35.5 Å². The summed E-state index contributed by atoms with van der Waals surface area (Å²) in [5.41, 5.74) is 0. The first-order valence-electron chi connectivity index (χ1n) is 10.3. The van der Waals surface area contributed by atoms with E-state index in [0.29, 0.717) is 35.2 Å². The van der Waals surface area contributed by atoms with E-state index in [4.69, 9.17) is 9.47 Å². The molecule has 0 aromatic heterocycles. The largest absolute Gasteiger partial charge is 0.422 e. The number of hydrogen-bond acceptors (Lipinski definition) is 4. The van der Waals surface area contributed by atoms with E-state index in [2.05, 4.69) is 0 Å². The van der Waals surface area contributed by atoms with Gasteiger partial charge in [0, 0.05) is 0 Å². The molecule has 26 heavy (non-hydrogen) atoms. The summed E-state index contributed by atoms with van der Waals surface area (Å²) in [6.07, 6.45) is 9.48. The SMILES string of the molecule is O=C(Oc1ccccc1OC(=O)C1[C@@H]2CCCC[C@@H]12)C1[C@@H]2CCCC[C@@H]12. The molecule has 0 amide bonds. The summed E-state index contributed by atoms with van der Waals surface area (Å²) in [4.78, 5) is 25.1. The number of rotatable bonds is 4. The van der Waals surface area contributed by atoms with Crippen molar-refractivity contribution in [2.75, 3.05) is 0 Å². The predicted octanol–water partition coefficient (Wildman–Crippen LogP) is 4.37. The lowest BCUT2D eigenvalue weighted by atomic mass is 10.0. The molecule has 0 unspecified atom stereocenters. The van der Waals surface area contributed by atoms with Crippen LogP contribution in [0.2, 0.25) is 0 Å². The number of ether oxygens (including phenoxy) is 2. The Bertz CT molecular complexity index is 642. The van der Waals surface area contributed by atoms with Crippen LogP contribution in [0.3, 0.4) is 0 Å². The van der Waals surface area contributed by atoms with Crippen molar-refractivity contribution in [3.63, 3.8) is 0 Å². The Balaban J connectivity index is 1.24. The molecule has 0 N–H and O–H groups in total. The number of fused-ring (bicyclic) bond motifs is 2. The summed E-state index contributed by atoms with van der Waals surface area (Å²) in [7, 11) is 0. The van der Waals surface area contributed by atoms with Crippen molar-refractivity contribution >= 4 is 11.9 Å². The summed E-state index contributed by atoms with van der Waals surface area (Å²) in [6.45, 7) is 0. The maximum absolute atomic E-state index is 12.6. The Labute approximate surface area is 154 Å². The van der Waals surface area contributed by atoms with E-state index in [-0.39, 0.29) is 23.8 Å². The highest BCUT2D eigenvalue weighted by molar-refractivity contribution is 5.82. The van der Waals surface area contributed by atoms with E-state index in [1.165, 1.54) is 25.7 Å². The molecule has 4 heteroatoms. The van der Waals surface area contributed by atoms with Crippen LogP contribution in [-0.2, 0) is 9.59 Å². The van der Waals surface area contributed by atoms with Gasteiger partial charge in [-0.15, -0.1) is 0 Å². The van der Waals surface area contributed by atoms with Crippen molar-refractivity contribution in [1.82, 2.24) is 0 Å². The third-order valence-corrected chi connectivity index (χ3v) is 7.13. The van der Waals surface area contributed by atoms with Gasteiger partial charge in [0.2, 0.25) is 0 Å². The van der Waals surface area contributed by atoms with E-state index >= 15 is 0 Å². The van der Waals surface area contributed by atoms with Gasteiger partial charge in [-0.25, -0.2) is 0 Å². The molecule has 0 heterocycles. The molecule has 0 aliphatic heterocycles. The molecule has 4 fully saturated rings. The van der Waals surface area contributed by atoms with Crippen molar-refractivity contribution in [3.8, 4) is 11.5 Å². The molecular formula is C22H26O4. The zero-order chi connectivity index (χ0) is 17.7. The van der Waals surface area contributed by atoms with E-state index < -0.39 is 0 Å². The summed E-state index contributed by atoms with van der Waals surface area (Å²) in [6, 6.07) is 7.09. The lowest BCUT2D eigenvalue weighted by molar-refractivity contribution is -0.139. The zero-order valence-corrected chi connectivity index (χ0v) is 15.1. The average Bonchev–Trinajstić information content (AvgIpc) is 3.55. The summed E-state index contributed by atoms with van der Waals surface area (Å²) >= 11 is 0. The second-order valence-electron chi connectivity index (χ2n) is 8.56. The second kappa shape index (κ2) is 6.40. The standard InChI is InChI=1S/C22H26O4/c23-21(19-13-7-1-2-8-14(13)19)25-17-11-5-6-12-18(17)26-22(24)20-15-9-3-4-10-16(15)20/h5-6,11-16,19-20H,1-4,7-10H2/t13-,14-,15-,16-/m1/s1. The molecule has 4 nitrogen and oxygen atoms in total. The lowest BCUT2D eigenvalue weighted by Crippen LogP contribution is -2.16. The maximum Gasteiger partial charge on any atom is 0.315 e. The number of benzene rings is 1. The molecule has 0 saturated heterocycles. The third-order valence-electron chi connectivity index (χ3n) is 7.13. The highest BCUT2D eigenvalue weighted by Gasteiger charge is 2.57. The summed E-state index contributed by atoms with van der Waals surface area (Å²) < 4.78 is 11.3. The topological polar surface area (TPSA) is 52.6 Å². The lowest BCUT2D eigenvalue weighted by Gasteiger charge is -2.10. The van der Waals surface area contributed by atoms with Crippen LogP contribution in [0.1, 0.15) is 51.4 Å². The van der Waals surface area contributed by atoms with Crippen LogP contribution in [0.15, 0.2) is 24.3 Å². The third kappa shape index (κ3) is 2.83. The van der Waals surface area contributed by atoms with Crippen LogP contribution in [0.4, 0.5) is 0 Å². The monoisotopic (exact) mass is 354 g/mol. The minimum Gasteiger partial charge on any atom is -0.422 e. The molecule has 4 saturated carbocycles. The predicted molar refractivity (Wildman–Crippen MR) is 95.6 cm³/mol. The maximum atomic E-state index is 12.6. The minimum atomic E-state index is -0.148. The Hall–Kier alpha value is -1.84. The van der Waals surface area contributed by atoms with Gasteiger partial charge in [-0.1, -0.05) is 37.8 Å². The molecule has 0 spiro atoms. The minimum absolute atomic E-state index is 0.0487. The first kappa shape index (κ1) is 16.3. The van der Waals surface area contributed by atoms with Gasteiger partial charge < -0.3 is 9.47 Å². The molecule has 1 aromatic carbocycles. The molecule has 4 atom stereocenters. The molecular weight excluding hydrogens is 328 g/mol. The molecule has 5 rings (SSSR count). The molecule has 1 aromatic rings. The smallest absolute Gasteiger partial charge is 0.315 e. The molecule has 0 radical (unpaired) electrons. The fraction of sp³-hybridized carbons (Fsp3) is 0.636. The van der Waals surface area contributed by atoms with Gasteiger partial charge >= 0.3 is 11.9 Å². The zero-order valence-electron chi connectivity index (χ0n) is 15.1.